The van der Waals surface area contributed by atoms with Gasteiger partial charge in [-0.15, -0.1) is 0 Å². The number of carbonyl (C=O) groups is 1. The number of carbonyl (C=O) groups excluding carboxylic acids is 1. The molecule has 1 aliphatic rings. The average Bonchev–Trinajstić information content (AvgIpc) is 3.44. The van der Waals surface area contributed by atoms with Crippen molar-refractivity contribution in [3.8, 4) is 11.8 Å². The first-order valence-electron chi connectivity index (χ1n) is 9.99. The number of H-pyrrole nitrogens is 1. The summed E-state index contributed by atoms with van der Waals surface area (Å²) in [5.41, 5.74) is 3.41. The summed E-state index contributed by atoms with van der Waals surface area (Å²) in [6, 6.07) is 9.06. The summed E-state index contributed by atoms with van der Waals surface area (Å²) in [7, 11) is 0. The summed E-state index contributed by atoms with van der Waals surface area (Å²) in [6.07, 6.45) is 6.38. The number of nitrogens with one attached hydrogen (secondary N) is 1. The molecule has 154 valence electrons. The van der Waals surface area contributed by atoms with Crippen LogP contribution in [0.4, 0.5) is 0 Å². The second-order valence-electron chi connectivity index (χ2n) is 7.35. The molecule has 0 spiro atoms. The van der Waals surface area contributed by atoms with E-state index in [9.17, 15) is 4.79 Å². The lowest BCUT2D eigenvalue weighted by atomic mass is 10.1. The second-order valence-corrected chi connectivity index (χ2v) is 7.76. The van der Waals surface area contributed by atoms with Crippen molar-refractivity contribution < 1.29 is 4.79 Å². The maximum atomic E-state index is 12.9. The van der Waals surface area contributed by atoms with Crippen molar-refractivity contribution in [2.75, 3.05) is 6.54 Å². The van der Waals surface area contributed by atoms with Crippen molar-refractivity contribution in [3.05, 3.63) is 65.2 Å². The lowest BCUT2D eigenvalue weighted by Crippen LogP contribution is -2.35. The highest BCUT2D eigenvalue weighted by Crippen LogP contribution is 2.27. The smallest absolute Gasteiger partial charge is 0.253 e. The molecule has 0 radical (unpaired) electrons. The zero-order valence-electron chi connectivity index (χ0n) is 16.8. The molecule has 1 aliphatic heterocycles. The normalized spacial score (nSPS) is 16.1. The van der Waals surface area contributed by atoms with E-state index in [4.69, 9.17) is 11.6 Å². The minimum atomic E-state index is -0.422. The lowest BCUT2D eigenvalue weighted by molar-refractivity contribution is -0.127. The number of halogens is 1. The number of hydrogen-bond acceptors (Lipinski definition) is 4. The number of aromatic nitrogens is 4. The molecule has 4 heterocycles. The molecule has 0 bridgehead atoms. The van der Waals surface area contributed by atoms with E-state index in [1.165, 1.54) is 0 Å². The van der Waals surface area contributed by atoms with Crippen LogP contribution < -0.4 is 0 Å². The van der Waals surface area contributed by atoms with Crippen LogP contribution >= 0.6 is 11.6 Å². The molecule has 0 aliphatic carbocycles. The van der Waals surface area contributed by atoms with Gasteiger partial charge in [-0.05, 0) is 36.6 Å². The number of para-hydroxylation sites is 1. The molecule has 1 amide bonds. The minimum Gasteiger partial charge on any atom is -0.360 e. The van der Waals surface area contributed by atoms with Crippen LogP contribution in [0.15, 0.2) is 53.9 Å². The van der Waals surface area contributed by atoms with Gasteiger partial charge in [-0.25, -0.2) is 9.50 Å². The number of fused-ring (bicyclic) bond motifs is 2. The summed E-state index contributed by atoms with van der Waals surface area (Å²) in [6.45, 7) is 2.37. The highest BCUT2D eigenvalue weighted by molar-refractivity contribution is 6.35. The van der Waals surface area contributed by atoms with Crippen molar-refractivity contribution in [2.45, 2.75) is 25.8 Å². The molecule has 4 aromatic rings. The molecule has 0 saturated heterocycles. The summed E-state index contributed by atoms with van der Waals surface area (Å²) in [5, 5.41) is 5.95. The molecule has 1 aromatic carbocycles. The molecule has 1 atom stereocenters. The maximum Gasteiger partial charge on any atom is 0.253 e. The maximum absolute atomic E-state index is 12.9. The Labute approximate surface area is 183 Å². The molecular weight excluding hydrogens is 412 g/mol. The van der Waals surface area contributed by atoms with E-state index in [0.29, 0.717) is 24.4 Å². The van der Waals surface area contributed by atoms with Crippen LogP contribution in [0, 0.1) is 11.8 Å². The number of rotatable bonds is 4. The van der Waals surface area contributed by atoms with Gasteiger partial charge in [0.2, 0.25) is 0 Å². The highest BCUT2D eigenvalue weighted by atomic mass is 35.5. The van der Waals surface area contributed by atoms with Gasteiger partial charge in [-0.1, -0.05) is 29.7 Å². The Morgan fingerprint density at radius 2 is 2.16 bits per heavy atom. The quantitative estimate of drug-likeness (QED) is 0.503. The molecule has 31 heavy (non-hydrogen) atoms. The number of aromatic amines is 1. The third-order valence-corrected chi connectivity index (χ3v) is 5.72. The first kappa shape index (κ1) is 19.3. The topological polar surface area (TPSA) is 78.7 Å². The fourth-order valence-electron chi connectivity index (χ4n) is 3.88. The zero-order valence-corrected chi connectivity index (χ0v) is 17.6. The van der Waals surface area contributed by atoms with Crippen LogP contribution in [-0.4, -0.2) is 48.8 Å². The van der Waals surface area contributed by atoms with Gasteiger partial charge in [-0.2, -0.15) is 5.10 Å². The van der Waals surface area contributed by atoms with Gasteiger partial charge in [0.15, 0.2) is 5.65 Å². The van der Waals surface area contributed by atoms with Crippen molar-refractivity contribution in [1.29, 1.82) is 0 Å². The predicted molar refractivity (Wildman–Crippen MR) is 120 cm³/mol. The molecule has 0 fully saturated rings. The van der Waals surface area contributed by atoms with E-state index in [1.54, 1.807) is 21.8 Å². The number of aliphatic imine (C=N–C) groups is 1. The summed E-state index contributed by atoms with van der Waals surface area (Å²) >= 11 is 6.25. The van der Waals surface area contributed by atoms with Gasteiger partial charge in [0, 0.05) is 37.2 Å². The van der Waals surface area contributed by atoms with Gasteiger partial charge < -0.3 is 4.98 Å². The number of imidazole rings is 1. The second kappa shape index (κ2) is 7.89. The van der Waals surface area contributed by atoms with Crippen molar-refractivity contribution in [2.24, 2.45) is 4.99 Å². The van der Waals surface area contributed by atoms with E-state index in [1.807, 2.05) is 43.5 Å². The molecule has 8 heteroatoms. The zero-order chi connectivity index (χ0) is 21.4. The largest absolute Gasteiger partial charge is 0.360 e. The number of benzene rings is 1. The number of amidine groups is 1. The molecular formula is C23H19ClN6O. The Hall–Kier alpha value is -3.63. The Kier molecular flexibility index (Phi) is 4.92. The summed E-state index contributed by atoms with van der Waals surface area (Å²) in [5.74, 6) is 6.94. The fourth-order valence-corrected chi connectivity index (χ4v) is 4.11. The first-order chi connectivity index (χ1) is 15.1. The molecule has 7 nitrogen and oxygen atoms in total. The SMILES string of the molecule is CC1=NC(Cc2c[nH]c3c(Cl)cccc23)C(=O)N1CCC#Cc1cnc2cccnn12. The van der Waals surface area contributed by atoms with Crippen molar-refractivity contribution in [1.82, 2.24) is 24.5 Å². The van der Waals surface area contributed by atoms with Crippen molar-refractivity contribution in [3.63, 3.8) is 0 Å². The predicted octanol–water partition coefficient (Wildman–Crippen LogP) is 3.48. The Bertz CT molecular complexity index is 1390. The van der Waals surface area contributed by atoms with Crippen LogP contribution in [0.5, 0.6) is 0 Å². The number of hydrogen-bond donors (Lipinski definition) is 1. The average molecular weight is 431 g/mol. The molecule has 0 saturated carbocycles. The van der Waals surface area contributed by atoms with E-state index in [2.05, 4.69) is 31.9 Å². The van der Waals surface area contributed by atoms with Gasteiger partial charge in [0.1, 0.15) is 17.6 Å². The molecule has 3 aromatic heterocycles. The molecule has 1 N–H and O–H groups in total. The van der Waals surface area contributed by atoms with Gasteiger partial charge in [-0.3, -0.25) is 14.7 Å². The fraction of sp³-hybridized carbons (Fsp3) is 0.217. The minimum absolute atomic E-state index is 0.00662. The van der Waals surface area contributed by atoms with Gasteiger partial charge in [0.25, 0.3) is 5.91 Å². The highest BCUT2D eigenvalue weighted by Gasteiger charge is 2.32. The van der Waals surface area contributed by atoms with E-state index in [-0.39, 0.29) is 5.91 Å². The van der Waals surface area contributed by atoms with Crippen LogP contribution in [0.25, 0.3) is 16.6 Å². The van der Waals surface area contributed by atoms with Crippen LogP contribution in [0.1, 0.15) is 24.6 Å². The monoisotopic (exact) mass is 430 g/mol. The Morgan fingerprint density at radius 1 is 1.26 bits per heavy atom. The van der Waals surface area contributed by atoms with E-state index < -0.39 is 6.04 Å². The van der Waals surface area contributed by atoms with Crippen LogP contribution in [0.3, 0.4) is 0 Å². The van der Waals surface area contributed by atoms with Crippen LogP contribution in [0.2, 0.25) is 5.02 Å². The van der Waals surface area contributed by atoms with Gasteiger partial charge in [0.05, 0.1) is 16.7 Å². The third-order valence-electron chi connectivity index (χ3n) is 5.40. The third kappa shape index (κ3) is 3.56. The van der Waals surface area contributed by atoms with Crippen molar-refractivity contribution >= 4 is 39.9 Å². The summed E-state index contributed by atoms with van der Waals surface area (Å²) < 4.78 is 1.70. The lowest BCUT2D eigenvalue weighted by Gasteiger charge is -2.15. The standard InChI is InChI=1S/C23H19ClN6O/c1-15-28-20(12-16-13-26-22-18(16)7-4-8-19(22)24)23(31)29(15)11-3-2-6-17-14-25-21-9-5-10-27-30(17)21/h4-5,7-10,13-14,20,26H,3,11-12H2,1H3. The summed E-state index contributed by atoms with van der Waals surface area (Å²) in [4.78, 5) is 26.7. The molecule has 5 rings (SSSR count). The van der Waals surface area contributed by atoms with E-state index in [0.717, 1.165) is 33.6 Å². The first-order valence-corrected chi connectivity index (χ1v) is 10.4. The van der Waals surface area contributed by atoms with Gasteiger partial charge >= 0.3 is 0 Å². The Morgan fingerprint density at radius 3 is 3.06 bits per heavy atom. The number of nitrogens with zero attached hydrogens (tertiary/aromatic N) is 5. The Balaban J connectivity index is 1.25. The van der Waals surface area contributed by atoms with E-state index >= 15 is 0 Å². The molecule has 1 unspecified atom stereocenters. The van der Waals surface area contributed by atoms with Crippen LogP contribution in [-0.2, 0) is 11.2 Å². The number of amides is 1.